The van der Waals surface area contributed by atoms with Crippen molar-refractivity contribution < 1.29 is 4.74 Å². The highest BCUT2D eigenvalue weighted by molar-refractivity contribution is 9.10. The van der Waals surface area contributed by atoms with Crippen molar-refractivity contribution in [2.45, 2.75) is 19.9 Å². The van der Waals surface area contributed by atoms with Gasteiger partial charge in [-0.3, -0.25) is 0 Å². The normalized spacial score (nSPS) is 10.6. The highest BCUT2D eigenvalue weighted by Crippen LogP contribution is 2.31. The second-order valence-electron chi connectivity index (χ2n) is 4.50. The van der Waals surface area contributed by atoms with E-state index in [2.05, 4.69) is 34.2 Å². The molecule has 0 bridgehead atoms. The van der Waals surface area contributed by atoms with Gasteiger partial charge < -0.3 is 10.1 Å². The number of benzene rings is 2. The molecule has 0 aliphatic heterocycles. The molecule has 2 rings (SSSR count). The molecule has 0 radical (unpaired) electrons. The van der Waals surface area contributed by atoms with Gasteiger partial charge in [-0.25, -0.2) is 0 Å². The van der Waals surface area contributed by atoms with Crippen molar-refractivity contribution >= 4 is 27.5 Å². The molecule has 0 aliphatic carbocycles. The van der Waals surface area contributed by atoms with Crippen LogP contribution in [0.3, 0.4) is 0 Å². The third-order valence-electron chi connectivity index (χ3n) is 2.78. The molecule has 2 nitrogen and oxygen atoms in total. The summed E-state index contributed by atoms with van der Waals surface area (Å²) in [5, 5.41) is 3.97. The summed E-state index contributed by atoms with van der Waals surface area (Å²) in [4.78, 5) is 0. The van der Waals surface area contributed by atoms with Crippen LogP contribution in [0.4, 0.5) is 0 Å². The second-order valence-corrected chi connectivity index (χ2v) is 5.82. The maximum absolute atomic E-state index is 6.15. The number of hydrogen-bond donors (Lipinski definition) is 1. The SMILES string of the molecule is CCCNCc1cccc(Oc2ccc(Br)cc2Cl)c1. The standard InChI is InChI=1S/C16H17BrClNO/c1-2-8-19-11-12-4-3-5-14(9-12)20-16-7-6-13(17)10-15(16)18/h3-7,9-10,19H,2,8,11H2,1H3. The third kappa shape index (κ3) is 4.51. The van der Waals surface area contributed by atoms with Gasteiger partial charge in [-0.1, -0.05) is 46.6 Å². The van der Waals surface area contributed by atoms with Crippen molar-refractivity contribution in [3.63, 3.8) is 0 Å². The van der Waals surface area contributed by atoms with E-state index < -0.39 is 0 Å². The number of rotatable bonds is 6. The van der Waals surface area contributed by atoms with E-state index in [0.29, 0.717) is 10.8 Å². The molecule has 1 N–H and O–H groups in total. The predicted octanol–water partition coefficient (Wildman–Crippen LogP) is 5.39. The van der Waals surface area contributed by atoms with Gasteiger partial charge in [0, 0.05) is 11.0 Å². The van der Waals surface area contributed by atoms with Gasteiger partial charge in [-0.2, -0.15) is 0 Å². The first-order chi connectivity index (χ1) is 9.69. The van der Waals surface area contributed by atoms with Gasteiger partial charge in [0.2, 0.25) is 0 Å². The summed E-state index contributed by atoms with van der Waals surface area (Å²) in [6, 6.07) is 13.6. The summed E-state index contributed by atoms with van der Waals surface area (Å²) < 4.78 is 6.77. The first-order valence-corrected chi connectivity index (χ1v) is 7.78. The summed E-state index contributed by atoms with van der Waals surface area (Å²) in [7, 11) is 0. The largest absolute Gasteiger partial charge is 0.456 e. The Balaban J connectivity index is 2.07. The highest BCUT2D eigenvalue weighted by atomic mass is 79.9. The molecule has 0 fully saturated rings. The van der Waals surface area contributed by atoms with Gasteiger partial charge in [0.25, 0.3) is 0 Å². The Kier molecular flexibility index (Phi) is 5.89. The van der Waals surface area contributed by atoms with Crippen molar-refractivity contribution in [3.8, 4) is 11.5 Å². The van der Waals surface area contributed by atoms with Crippen molar-refractivity contribution in [2.75, 3.05) is 6.54 Å². The lowest BCUT2D eigenvalue weighted by Crippen LogP contribution is -2.13. The van der Waals surface area contributed by atoms with E-state index in [1.807, 2.05) is 36.4 Å². The molecule has 2 aromatic carbocycles. The molecule has 20 heavy (non-hydrogen) atoms. The van der Waals surface area contributed by atoms with Gasteiger partial charge in [-0.15, -0.1) is 0 Å². The molecule has 106 valence electrons. The average Bonchev–Trinajstić information content (AvgIpc) is 2.43. The fourth-order valence-electron chi connectivity index (χ4n) is 1.81. The van der Waals surface area contributed by atoms with Crippen LogP contribution in [-0.4, -0.2) is 6.54 Å². The summed E-state index contributed by atoms with van der Waals surface area (Å²) in [6.07, 6.45) is 1.13. The molecule has 0 heterocycles. The molecule has 0 atom stereocenters. The van der Waals surface area contributed by atoms with Gasteiger partial charge in [-0.05, 0) is 48.9 Å². The molecule has 4 heteroatoms. The smallest absolute Gasteiger partial charge is 0.146 e. The number of ether oxygens (including phenoxy) is 1. The average molecular weight is 355 g/mol. The maximum atomic E-state index is 6.15. The van der Waals surface area contributed by atoms with Crippen LogP contribution >= 0.6 is 27.5 Å². The quantitative estimate of drug-likeness (QED) is 0.702. The fourth-order valence-corrected chi connectivity index (χ4v) is 2.53. The Labute approximate surface area is 133 Å². The number of nitrogens with one attached hydrogen (secondary N) is 1. The Morgan fingerprint density at radius 1 is 1.20 bits per heavy atom. The molecule has 0 saturated carbocycles. The fraction of sp³-hybridized carbons (Fsp3) is 0.250. The summed E-state index contributed by atoms with van der Waals surface area (Å²) in [6.45, 7) is 4.02. The lowest BCUT2D eigenvalue weighted by Gasteiger charge is -2.10. The monoisotopic (exact) mass is 353 g/mol. The Bertz CT molecular complexity index is 574. The zero-order valence-electron chi connectivity index (χ0n) is 11.3. The zero-order valence-corrected chi connectivity index (χ0v) is 13.7. The van der Waals surface area contributed by atoms with Crippen molar-refractivity contribution in [2.24, 2.45) is 0 Å². The van der Waals surface area contributed by atoms with E-state index >= 15 is 0 Å². The molecule has 0 amide bonds. The predicted molar refractivity (Wildman–Crippen MR) is 87.7 cm³/mol. The molecule has 0 spiro atoms. The lowest BCUT2D eigenvalue weighted by atomic mass is 10.2. The van der Waals surface area contributed by atoms with Crippen LogP contribution in [0.5, 0.6) is 11.5 Å². The molecular weight excluding hydrogens is 338 g/mol. The van der Waals surface area contributed by atoms with E-state index in [9.17, 15) is 0 Å². The molecule has 0 unspecified atom stereocenters. The topological polar surface area (TPSA) is 21.3 Å². The van der Waals surface area contributed by atoms with Gasteiger partial charge in [0.1, 0.15) is 11.5 Å². The van der Waals surface area contributed by atoms with Gasteiger partial charge in [0.05, 0.1) is 5.02 Å². The Morgan fingerprint density at radius 3 is 2.80 bits per heavy atom. The van der Waals surface area contributed by atoms with Crippen LogP contribution in [0.2, 0.25) is 5.02 Å². The summed E-state index contributed by atoms with van der Waals surface area (Å²) >= 11 is 9.53. The first-order valence-electron chi connectivity index (χ1n) is 6.61. The third-order valence-corrected chi connectivity index (χ3v) is 3.56. The van der Waals surface area contributed by atoms with Crippen LogP contribution in [0, 0.1) is 0 Å². The van der Waals surface area contributed by atoms with Crippen LogP contribution in [0.15, 0.2) is 46.9 Å². The molecule has 0 aromatic heterocycles. The molecule has 0 aliphatic rings. The zero-order chi connectivity index (χ0) is 14.4. The highest BCUT2D eigenvalue weighted by Gasteiger charge is 2.04. The minimum absolute atomic E-state index is 0.592. The first kappa shape index (κ1) is 15.4. The van der Waals surface area contributed by atoms with Crippen LogP contribution in [-0.2, 0) is 6.54 Å². The lowest BCUT2D eigenvalue weighted by molar-refractivity contribution is 0.481. The molecular formula is C16H17BrClNO. The van der Waals surface area contributed by atoms with Crippen molar-refractivity contribution in [3.05, 3.63) is 57.5 Å². The molecule has 0 saturated heterocycles. The van der Waals surface area contributed by atoms with E-state index in [1.165, 1.54) is 5.56 Å². The van der Waals surface area contributed by atoms with Gasteiger partial charge in [0.15, 0.2) is 0 Å². The van der Waals surface area contributed by atoms with Crippen molar-refractivity contribution in [1.82, 2.24) is 5.32 Å². The summed E-state index contributed by atoms with van der Waals surface area (Å²) in [5.74, 6) is 1.46. The number of hydrogen-bond acceptors (Lipinski definition) is 2. The van der Waals surface area contributed by atoms with E-state index in [0.717, 1.165) is 29.7 Å². The minimum atomic E-state index is 0.592. The molecule has 2 aromatic rings. The second kappa shape index (κ2) is 7.67. The minimum Gasteiger partial charge on any atom is -0.456 e. The Hall–Kier alpha value is -1.03. The van der Waals surface area contributed by atoms with E-state index in [4.69, 9.17) is 16.3 Å². The van der Waals surface area contributed by atoms with Gasteiger partial charge >= 0.3 is 0 Å². The van der Waals surface area contributed by atoms with E-state index in [1.54, 1.807) is 0 Å². The summed E-state index contributed by atoms with van der Waals surface area (Å²) in [5.41, 5.74) is 1.20. The van der Waals surface area contributed by atoms with E-state index in [-0.39, 0.29) is 0 Å². The Morgan fingerprint density at radius 2 is 2.05 bits per heavy atom. The van der Waals surface area contributed by atoms with Crippen LogP contribution < -0.4 is 10.1 Å². The van der Waals surface area contributed by atoms with Crippen LogP contribution in [0.25, 0.3) is 0 Å². The maximum Gasteiger partial charge on any atom is 0.146 e. The van der Waals surface area contributed by atoms with Crippen molar-refractivity contribution in [1.29, 1.82) is 0 Å². The van der Waals surface area contributed by atoms with Crippen LogP contribution in [0.1, 0.15) is 18.9 Å². The number of halogens is 2.